The molecule has 0 fully saturated rings. The summed E-state index contributed by atoms with van der Waals surface area (Å²) >= 11 is 6.02. The number of halogens is 2. The van der Waals surface area contributed by atoms with Crippen molar-refractivity contribution >= 4 is 44.8 Å². The molecule has 178 valence electrons. The van der Waals surface area contributed by atoms with Gasteiger partial charge in [0, 0.05) is 31.8 Å². The first kappa shape index (κ1) is 25.1. The quantitative estimate of drug-likeness (QED) is 0.358. The van der Waals surface area contributed by atoms with E-state index in [0.29, 0.717) is 5.56 Å². The van der Waals surface area contributed by atoms with Gasteiger partial charge >= 0.3 is 10.2 Å². The molecule has 1 amide bonds. The number of nitrogens with one attached hydrogen (secondary N) is 1. The zero-order valence-electron chi connectivity index (χ0n) is 18.1. The van der Waals surface area contributed by atoms with Crippen LogP contribution in [-0.4, -0.2) is 37.6 Å². The summed E-state index contributed by atoms with van der Waals surface area (Å²) in [4.78, 5) is 22.9. The largest absolute Gasteiger partial charge is 0.320 e. The van der Waals surface area contributed by atoms with E-state index in [-0.39, 0.29) is 34.2 Å². The number of nitrogens with zero attached hydrogens (tertiary/aromatic N) is 3. The Morgan fingerprint density at radius 3 is 2.32 bits per heavy atom. The van der Waals surface area contributed by atoms with Crippen molar-refractivity contribution < 1.29 is 22.5 Å². The van der Waals surface area contributed by atoms with Crippen molar-refractivity contribution in [2.24, 2.45) is 0 Å². The van der Waals surface area contributed by atoms with Crippen molar-refractivity contribution in [2.75, 3.05) is 23.7 Å². The molecule has 0 radical (unpaired) electrons. The first-order chi connectivity index (χ1) is 16.0. The number of nitro groups is 1. The summed E-state index contributed by atoms with van der Waals surface area (Å²) < 4.78 is 42.0. The lowest BCUT2D eigenvalue weighted by atomic mass is 10.1. The van der Waals surface area contributed by atoms with Crippen LogP contribution in [0.3, 0.4) is 0 Å². The van der Waals surface area contributed by atoms with E-state index in [1.165, 1.54) is 74.8 Å². The van der Waals surface area contributed by atoms with Crippen LogP contribution in [-0.2, 0) is 16.8 Å². The molecule has 0 spiro atoms. The maximum absolute atomic E-state index is 14.4. The molecular weight excluding hydrogens is 487 g/mol. The van der Waals surface area contributed by atoms with Crippen molar-refractivity contribution in [3.63, 3.8) is 0 Å². The van der Waals surface area contributed by atoms with Crippen molar-refractivity contribution in [3.8, 4) is 0 Å². The Morgan fingerprint density at radius 1 is 1.09 bits per heavy atom. The number of benzene rings is 3. The molecule has 0 atom stereocenters. The molecule has 0 aliphatic rings. The molecule has 9 nitrogen and oxygen atoms in total. The Hall–Kier alpha value is -3.54. The van der Waals surface area contributed by atoms with Gasteiger partial charge in [-0.15, -0.1) is 0 Å². The van der Waals surface area contributed by atoms with Crippen LogP contribution < -0.4 is 9.62 Å². The van der Waals surface area contributed by atoms with Gasteiger partial charge in [-0.05, 0) is 35.9 Å². The Kier molecular flexibility index (Phi) is 7.50. The molecule has 3 rings (SSSR count). The minimum absolute atomic E-state index is 0.0766. The van der Waals surface area contributed by atoms with E-state index in [0.717, 1.165) is 14.7 Å². The molecule has 0 saturated carbocycles. The zero-order chi connectivity index (χ0) is 25.0. The summed E-state index contributed by atoms with van der Waals surface area (Å²) in [5.41, 5.74) is 0.439. The third kappa shape index (κ3) is 5.50. The summed E-state index contributed by atoms with van der Waals surface area (Å²) in [5, 5.41) is 13.6. The van der Waals surface area contributed by atoms with Gasteiger partial charge in [0.15, 0.2) is 0 Å². The smallest absolute Gasteiger partial charge is 0.303 e. The van der Waals surface area contributed by atoms with E-state index >= 15 is 0 Å². The standard InChI is InChI=1S/C22H20ClFN4O5S/c1-26(2)34(32,33)27(21-6-4-3-5-19(21)24)14-15-7-9-16(10-8-15)22(29)25-20-13-17(28(30)31)11-12-18(20)23/h3-13H,14H2,1-2H3,(H,25,29). The van der Waals surface area contributed by atoms with E-state index in [2.05, 4.69) is 5.32 Å². The molecule has 3 aromatic rings. The second-order valence-corrected chi connectivity index (χ2v) is 9.79. The molecule has 0 unspecified atom stereocenters. The second kappa shape index (κ2) is 10.2. The Morgan fingerprint density at radius 2 is 1.74 bits per heavy atom. The molecular formula is C22H20ClFN4O5S. The van der Waals surface area contributed by atoms with Crippen LogP contribution in [0.1, 0.15) is 15.9 Å². The summed E-state index contributed by atoms with van der Waals surface area (Å²) in [5.74, 6) is -1.27. The van der Waals surface area contributed by atoms with Crippen molar-refractivity contribution in [1.29, 1.82) is 0 Å². The minimum Gasteiger partial charge on any atom is -0.320 e. The van der Waals surface area contributed by atoms with Gasteiger partial charge in [0.2, 0.25) is 0 Å². The van der Waals surface area contributed by atoms with E-state index in [1.807, 2.05) is 0 Å². The maximum atomic E-state index is 14.4. The molecule has 0 aliphatic carbocycles. The fourth-order valence-electron chi connectivity index (χ4n) is 2.99. The van der Waals surface area contributed by atoms with Crippen LogP contribution in [0.15, 0.2) is 66.7 Å². The number of hydrogen-bond acceptors (Lipinski definition) is 5. The fraction of sp³-hybridized carbons (Fsp3) is 0.136. The predicted octanol–water partition coefficient (Wildman–Crippen LogP) is 4.45. The monoisotopic (exact) mass is 506 g/mol. The number of non-ortho nitro benzene ring substituents is 1. The molecule has 0 aliphatic heterocycles. The Balaban J connectivity index is 1.84. The van der Waals surface area contributed by atoms with Gasteiger partial charge in [0.25, 0.3) is 11.6 Å². The van der Waals surface area contributed by atoms with E-state index in [1.54, 1.807) is 0 Å². The summed E-state index contributed by atoms with van der Waals surface area (Å²) in [6.07, 6.45) is 0. The Labute approximate surface area is 200 Å². The number of rotatable bonds is 8. The summed E-state index contributed by atoms with van der Waals surface area (Å²) in [6.45, 7) is -0.181. The van der Waals surface area contributed by atoms with E-state index in [9.17, 15) is 27.7 Å². The topological polar surface area (TPSA) is 113 Å². The molecule has 1 N–H and O–H groups in total. The van der Waals surface area contributed by atoms with Crippen LogP contribution in [0.2, 0.25) is 5.02 Å². The number of carbonyl (C=O) groups excluding carboxylic acids is 1. The van der Waals surface area contributed by atoms with Crippen LogP contribution in [0.4, 0.5) is 21.5 Å². The third-order valence-electron chi connectivity index (χ3n) is 4.81. The van der Waals surface area contributed by atoms with Crippen LogP contribution in [0.25, 0.3) is 0 Å². The zero-order valence-corrected chi connectivity index (χ0v) is 19.7. The third-order valence-corrected chi connectivity index (χ3v) is 6.95. The van der Waals surface area contributed by atoms with E-state index in [4.69, 9.17) is 11.6 Å². The lowest BCUT2D eigenvalue weighted by Gasteiger charge is -2.27. The molecule has 0 heterocycles. The Bertz CT molecular complexity index is 1330. The van der Waals surface area contributed by atoms with Crippen LogP contribution in [0.5, 0.6) is 0 Å². The van der Waals surface area contributed by atoms with Crippen LogP contribution >= 0.6 is 11.6 Å². The van der Waals surface area contributed by atoms with Gasteiger partial charge in [-0.1, -0.05) is 35.9 Å². The lowest BCUT2D eigenvalue weighted by molar-refractivity contribution is -0.384. The molecule has 12 heteroatoms. The van der Waals surface area contributed by atoms with Gasteiger partial charge in [-0.25, -0.2) is 4.39 Å². The average molecular weight is 507 g/mol. The lowest BCUT2D eigenvalue weighted by Crippen LogP contribution is -2.40. The highest BCUT2D eigenvalue weighted by Crippen LogP contribution is 2.28. The highest BCUT2D eigenvalue weighted by atomic mass is 35.5. The number of carbonyl (C=O) groups is 1. The fourth-order valence-corrected chi connectivity index (χ4v) is 4.25. The van der Waals surface area contributed by atoms with Gasteiger partial charge < -0.3 is 5.32 Å². The predicted molar refractivity (Wildman–Crippen MR) is 128 cm³/mol. The van der Waals surface area contributed by atoms with Crippen molar-refractivity contribution in [1.82, 2.24) is 4.31 Å². The molecule has 0 bridgehead atoms. The van der Waals surface area contributed by atoms with Crippen LogP contribution in [0, 0.1) is 15.9 Å². The number of hydrogen-bond donors (Lipinski definition) is 1. The van der Waals surface area contributed by atoms with Gasteiger partial charge in [-0.3, -0.25) is 19.2 Å². The number of para-hydroxylation sites is 1. The maximum Gasteiger partial charge on any atom is 0.303 e. The van der Waals surface area contributed by atoms with E-state index < -0.39 is 26.9 Å². The molecule has 0 aromatic heterocycles. The minimum atomic E-state index is -4.02. The SMILES string of the molecule is CN(C)S(=O)(=O)N(Cc1ccc(C(=O)Nc2cc([N+](=O)[O-])ccc2Cl)cc1)c1ccccc1F. The first-order valence-electron chi connectivity index (χ1n) is 9.79. The highest BCUT2D eigenvalue weighted by Gasteiger charge is 2.27. The number of anilines is 2. The summed E-state index contributed by atoms with van der Waals surface area (Å²) in [7, 11) is -1.33. The average Bonchev–Trinajstić information content (AvgIpc) is 2.79. The normalized spacial score (nSPS) is 11.3. The van der Waals surface area contributed by atoms with Gasteiger partial charge in [0.1, 0.15) is 5.82 Å². The molecule has 0 saturated heterocycles. The van der Waals surface area contributed by atoms with Crippen molar-refractivity contribution in [2.45, 2.75) is 6.54 Å². The van der Waals surface area contributed by atoms with Gasteiger partial charge in [-0.2, -0.15) is 12.7 Å². The van der Waals surface area contributed by atoms with Crippen molar-refractivity contribution in [3.05, 3.63) is 98.8 Å². The second-order valence-electron chi connectivity index (χ2n) is 7.32. The first-order valence-corrected chi connectivity index (χ1v) is 11.6. The molecule has 3 aromatic carbocycles. The summed E-state index contributed by atoms with van der Waals surface area (Å²) in [6, 6.07) is 15.2. The number of nitro benzene ring substituents is 1. The molecule has 34 heavy (non-hydrogen) atoms. The highest BCUT2D eigenvalue weighted by molar-refractivity contribution is 7.90. The van der Waals surface area contributed by atoms with Gasteiger partial charge in [0.05, 0.1) is 27.9 Å². The number of amides is 1.